The van der Waals surface area contributed by atoms with Crippen LogP contribution in [0.1, 0.15) is 25.7 Å². The van der Waals surface area contributed by atoms with Crippen LogP contribution in [0, 0.1) is 10.1 Å². The summed E-state index contributed by atoms with van der Waals surface area (Å²) in [6.07, 6.45) is 1.92. The lowest BCUT2D eigenvalue weighted by Crippen LogP contribution is -2.57. The normalized spacial score (nSPS) is 19.8. The quantitative estimate of drug-likeness (QED) is 0.0792. The molecule has 1 saturated heterocycles. The van der Waals surface area contributed by atoms with E-state index in [1.165, 1.54) is 0 Å². The van der Waals surface area contributed by atoms with E-state index in [9.17, 15) is 24.8 Å². The fourth-order valence-electron chi connectivity index (χ4n) is 2.24. The highest BCUT2D eigenvalue weighted by Gasteiger charge is 2.29. The van der Waals surface area contributed by atoms with Crippen molar-refractivity contribution in [2.45, 2.75) is 37.8 Å². The smallest absolute Gasteiger partial charge is 0.322 e. The van der Waals surface area contributed by atoms with E-state index in [2.05, 4.69) is 16.0 Å². The third-order valence-corrected chi connectivity index (χ3v) is 3.40. The number of guanidine groups is 1. The van der Waals surface area contributed by atoms with E-state index < -0.39 is 29.0 Å². The van der Waals surface area contributed by atoms with Crippen LogP contribution in [0.5, 0.6) is 0 Å². The van der Waals surface area contributed by atoms with Crippen molar-refractivity contribution in [3.8, 4) is 0 Å². The molecule has 0 aromatic heterocycles. The first-order valence-electron chi connectivity index (χ1n) is 7.32. The summed E-state index contributed by atoms with van der Waals surface area (Å²) in [7, 11) is 0. The van der Waals surface area contributed by atoms with Gasteiger partial charge in [0.1, 0.15) is 12.1 Å². The lowest BCUT2D eigenvalue weighted by atomic mass is 10.2. The summed E-state index contributed by atoms with van der Waals surface area (Å²) in [6, 6.07) is -1.41. The first-order chi connectivity index (χ1) is 11.3. The van der Waals surface area contributed by atoms with Crippen LogP contribution < -0.4 is 27.9 Å². The van der Waals surface area contributed by atoms with Crippen molar-refractivity contribution in [3.05, 3.63) is 10.1 Å². The predicted octanol–water partition coefficient (Wildman–Crippen LogP) is -2.73. The van der Waals surface area contributed by atoms with Gasteiger partial charge in [-0.3, -0.25) is 9.59 Å². The van der Waals surface area contributed by atoms with Crippen LogP contribution in [0.3, 0.4) is 0 Å². The molecular weight excluding hydrogens is 324 g/mol. The fourth-order valence-corrected chi connectivity index (χ4v) is 2.24. The van der Waals surface area contributed by atoms with Gasteiger partial charge in [0.05, 0.1) is 0 Å². The van der Waals surface area contributed by atoms with E-state index in [0.29, 0.717) is 19.4 Å². The molecule has 0 aliphatic carbocycles. The van der Waals surface area contributed by atoms with Gasteiger partial charge in [-0.25, -0.2) is 25.5 Å². The van der Waals surface area contributed by atoms with Crippen LogP contribution in [0.15, 0.2) is 4.99 Å². The molecule has 1 amide bonds. The molecule has 0 radical (unpaired) electrons. The number of nitrogens with zero attached hydrogens (tertiary/aromatic N) is 3. The van der Waals surface area contributed by atoms with Crippen LogP contribution in [-0.2, 0) is 9.59 Å². The molecule has 2 atom stereocenters. The number of hydrogen-bond acceptors (Lipinski definition) is 8. The molecule has 136 valence electrons. The molecule has 1 rings (SSSR count). The predicted molar refractivity (Wildman–Crippen MR) is 82.5 cm³/mol. The Balaban J connectivity index is 2.38. The number of aliphatic carboxylic acids is 1. The van der Waals surface area contributed by atoms with Crippen molar-refractivity contribution in [1.29, 1.82) is 0 Å². The van der Waals surface area contributed by atoms with Gasteiger partial charge >= 0.3 is 5.97 Å². The molecule has 8 N–H and O–H groups in total. The molecule has 0 aromatic rings. The van der Waals surface area contributed by atoms with Crippen molar-refractivity contribution >= 4 is 17.8 Å². The second-order valence-electron chi connectivity index (χ2n) is 5.18. The SMILES string of the molecule is NC(=O)[C@@H]1CCCN1NNC(CCCN=C(N)N[N+](=O)[O-])C(=O)O. The van der Waals surface area contributed by atoms with Gasteiger partial charge in [-0.05, 0) is 25.7 Å². The van der Waals surface area contributed by atoms with Gasteiger partial charge in [0.25, 0.3) is 5.96 Å². The second-order valence-corrected chi connectivity index (χ2v) is 5.18. The number of rotatable bonds is 10. The van der Waals surface area contributed by atoms with Gasteiger partial charge in [0.2, 0.25) is 5.91 Å². The fraction of sp³-hybridized carbons (Fsp3) is 0.727. The van der Waals surface area contributed by atoms with Gasteiger partial charge < -0.3 is 16.6 Å². The number of nitrogens with one attached hydrogen (secondary N) is 3. The van der Waals surface area contributed by atoms with E-state index >= 15 is 0 Å². The number of aliphatic imine (C=N–C) groups is 1. The van der Waals surface area contributed by atoms with Crippen molar-refractivity contribution in [2.24, 2.45) is 16.5 Å². The number of primary amides is 1. The Hall–Kier alpha value is -2.51. The van der Waals surface area contributed by atoms with Gasteiger partial charge in [-0.1, -0.05) is 5.43 Å². The van der Waals surface area contributed by atoms with Gasteiger partial charge in [0, 0.05) is 13.1 Å². The Morgan fingerprint density at radius 1 is 1.46 bits per heavy atom. The number of carbonyl (C=O) groups excluding carboxylic acids is 1. The number of nitro groups is 1. The van der Waals surface area contributed by atoms with Crippen LogP contribution >= 0.6 is 0 Å². The van der Waals surface area contributed by atoms with E-state index in [1.54, 1.807) is 10.4 Å². The first-order valence-corrected chi connectivity index (χ1v) is 7.32. The van der Waals surface area contributed by atoms with Gasteiger partial charge in [0.15, 0.2) is 5.03 Å². The summed E-state index contributed by atoms with van der Waals surface area (Å²) in [6.45, 7) is 0.700. The Kier molecular flexibility index (Phi) is 7.81. The minimum absolute atomic E-state index is 0.131. The summed E-state index contributed by atoms with van der Waals surface area (Å²) in [5.74, 6) is -1.91. The molecule has 1 aliphatic rings. The van der Waals surface area contributed by atoms with Crippen LogP contribution in [0.2, 0.25) is 0 Å². The summed E-state index contributed by atoms with van der Waals surface area (Å²) >= 11 is 0. The average molecular weight is 346 g/mol. The Labute approximate surface area is 137 Å². The molecule has 13 nitrogen and oxygen atoms in total. The molecule has 1 aliphatic heterocycles. The molecule has 13 heteroatoms. The largest absolute Gasteiger partial charge is 0.480 e. The molecule has 0 saturated carbocycles. The van der Waals surface area contributed by atoms with Crippen LogP contribution in [-0.4, -0.2) is 58.2 Å². The summed E-state index contributed by atoms with van der Waals surface area (Å²) < 4.78 is 0. The van der Waals surface area contributed by atoms with Crippen molar-refractivity contribution < 1.29 is 19.7 Å². The number of nitrogens with two attached hydrogens (primary N) is 2. The minimum atomic E-state index is -1.09. The van der Waals surface area contributed by atoms with E-state index in [4.69, 9.17) is 11.5 Å². The lowest BCUT2D eigenvalue weighted by Gasteiger charge is -2.25. The summed E-state index contributed by atoms with van der Waals surface area (Å²) in [4.78, 5) is 36.3. The van der Waals surface area contributed by atoms with Crippen molar-refractivity contribution in [3.63, 3.8) is 0 Å². The van der Waals surface area contributed by atoms with E-state index in [-0.39, 0.29) is 18.9 Å². The number of carbonyl (C=O) groups is 2. The zero-order chi connectivity index (χ0) is 18.1. The number of carboxylic acids is 1. The maximum atomic E-state index is 11.3. The summed E-state index contributed by atoms with van der Waals surface area (Å²) in [5, 5.41) is 20.0. The number of hydrogen-bond donors (Lipinski definition) is 6. The molecule has 0 bridgehead atoms. The highest BCUT2D eigenvalue weighted by molar-refractivity contribution is 5.80. The molecule has 1 fully saturated rings. The Morgan fingerprint density at radius 3 is 2.75 bits per heavy atom. The number of carboxylic acid groups (broad SMARTS) is 1. The van der Waals surface area contributed by atoms with Crippen molar-refractivity contribution in [2.75, 3.05) is 13.1 Å². The first kappa shape index (κ1) is 19.5. The Morgan fingerprint density at radius 2 is 2.17 bits per heavy atom. The van der Waals surface area contributed by atoms with E-state index in [1.807, 2.05) is 0 Å². The minimum Gasteiger partial charge on any atom is -0.480 e. The molecule has 1 unspecified atom stereocenters. The lowest BCUT2D eigenvalue weighted by molar-refractivity contribution is -0.525. The highest BCUT2D eigenvalue weighted by atomic mass is 16.7. The second kappa shape index (κ2) is 9.59. The molecule has 0 spiro atoms. The highest BCUT2D eigenvalue weighted by Crippen LogP contribution is 2.13. The zero-order valence-electron chi connectivity index (χ0n) is 13.0. The van der Waals surface area contributed by atoms with Crippen molar-refractivity contribution in [1.82, 2.24) is 21.4 Å². The maximum Gasteiger partial charge on any atom is 0.322 e. The molecule has 1 heterocycles. The number of hydrazine groups is 3. The monoisotopic (exact) mass is 346 g/mol. The van der Waals surface area contributed by atoms with Crippen LogP contribution in [0.25, 0.3) is 0 Å². The third-order valence-electron chi connectivity index (χ3n) is 3.40. The maximum absolute atomic E-state index is 11.3. The van der Waals surface area contributed by atoms with Gasteiger partial charge in [-0.15, -0.1) is 0 Å². The topological polar surface area (TPSA) is 201 Å². The van der Waals surface area contributed by atoms with Crippen LogP contribution in [0.4, 0.5) is 0 Å². The average Bonchev–Trinajstić information content (AvgIpc) is 2.93. The molecule has 0 aromatic carbocycles. The zero-order valence-corrected chi connectivity index (χ0v) is 13.0. The molecular formula is C11H22N8O5. The molecule has 24 heavy (non-hydrogen) atoms. The standard InChI is InChI=1S/C11H22N8O5/c12-9(20)8-4-2-6-18(8)17-15-7(10(21)22)3-1-5-14-11(13)16-19(23)24/h7-8,15,17H,1-6H2,(H2,12,20)(H,21,22)(H3,13,14,16)/t7?,8-/m0/s1. The van der Waals surface area contributed by atoms with Gasteiger partial charge in [-0.2, -0.15) is 5.53 Å². The van der Waals surface area contributed by atoms with E-state index in [0.717, 1.165) is 6.42 Å². The Bertz CT molecular complexity index is 499. The third kappa shape index (κ3) is 6.72. The number of amides is 1. The summed E-state index contributed by atoms with van der Waals surface area (Å²) in [5.41, 5.74) is 17.5.